The number of unbranched alkanes of at least 4 members (excludes halogenated alkanes) is 1. The van der Waals surface area contributed by atoms with Crippen molar-refractivity contribution in [3.63, 3.8) is 0 Å². The maximum Gasteiger partial charge on any atom is 0.410 e. The van der Waals surface area contributed by atoms with Crippen molar-refractivity contribution in [3.8, 4) is 11.1 Å². The van der Waals surface area contributed by atoms with Gasteiger partial charge in [0, 0.05) is 31.8 Å². The molecule has 114 heavy (non-hydrogen) atoms. The molecule has 12 amide bonds. The normalized spacial score (nSPS) is 16.6. The number of hydrogen-bond acceptors (Lipinski definition) is 16. The van der Waals surface area contributed by atoms with E-state index in [-0.39, 0.29) is 88.9 Å². The third-order valence-electron chi connectivity index (χ3n) is 19.7. The molecule has 29 nitrogen and oxygen atoms in total. The number of alkyl carbamates (subject to hydrolysis) is 1. The Labute approximate surface area is 666 Å². The first kappa shape index (κ1) is 88.3. The van der Waals surface area contributed by atoms with Crippen LogP contribution in [0.1, 0.15) is 174 Å². The number of carbonyl (C=O) groups excluding carboxylic acids is 12. The predicted molar refractivity (Wildman–Crippen MR) is 425 cm³/mol. The molecule has 11 N–H and O–H groups in total. The molecule has 0 unspecified atom stereocenters. The molecule has 1 aliphatic carbocycles. The number of benzene rings is 5. The summed E-state index contributed by atoms with van der Waals surface area (Å²) in [7, 11) is 0. The molecule has 0 radical (unpaired) electrons. The predicted octanol–water partition coefficient (Wildman–Crippen LogP) is 6.74. The molecule has 2 saturated heterocycles. The van der Waals surface area contributed by atoms with Crippen molar-refractivity contribution in [2.75, 3.05) is 45.9 Å². The van der Waals surface area contributed by atoms with E-state index >= 15 is 0 Å². The summed E-state index contributed by atoms with van der Waals surface area (Å²) in [5.74, 6) is -9.50. The SMILES string of the molecule is CC(C)C[C@H](NC(=O)CNC(=O)[C@H](CC(C)C)NC(=O)[C@H](CCC(=O)NC(c1ccccc1)(c1ccccc1)c1ccccc1)NC(=O)CNC(=O)[C@@H]1C[C@@H](OC(C)(C)C)CN1C(=O)OCC1c2ccccc2-c2ccccc21)C(=O)N[C@@H](C)C(=O)NCC(=O)N1CCC[C@H]1C(=O)N[C@@H](CCCCNC(=O)OC(C)(C)C)C(=O)O. The highest BCUT2D eigenvalue weighted by atomic mass is 16.6. The van der Waals surface area contributed by atoms with Crippen LogP contribution in [0.3, 0.4) is 0 Å². The second-order valence-electron chi connectivity index (χ2n) is 32.0. The van der Waals surface area contributed by atoms with Crippen molar-refractivity contribution in [1.82, 2.24) is 63.0 Å². The van der Waals surface area contributed by atoms with Crippen molar-refractivity contribution in [2.24, 2.45) is 11.8 Å². The van der Waals surface area contributed by atoms with Crippen molar-refractivity contribution >= 4 is 77.2 Å². The number of fused-ring (bicyclic) bond motifs is 3. The van der Waals surface area contributed by atoms with Gasteiger partial charge in [-0.05, 0) is 151 Å². The molecule has 0 saturated carbocycles. The van der Waals surface area contributed by atoms with Gasteiger partial charge in [-0.15, -0.1) is 0 Å². The second-order valence-corrected chi connectivity index (χ2v) is 32.0. The number of carbonyl (C=O) groups is 13. The lowest BCUT2D eigenvalue weighted by molar-refractivity contribution is -0.144. The van der Waals surface area contributed by atoms with Crippen LogP contribution < -0.4 is 53.2 Å². The number of nitrogens with one attached hydrogen (secondary N) is 10. The maximum atomic E-state index is 14.9. The Morgan fingerprint density at radius 2 is 1.02 bits per heavy atom. The Balaban J connectivity index is 0.907. The van der Waals surface area contributed by atoms with Gasteiger partial charge in [0.15, 0.2) is 0 Å². The summed E-state index contributed by atoms with van der Waals surface area (Å²) in [6.07, 6.45) is -1.10. The average Bonchev–Trinajstić information content (AvgIpc) is 0.828. The summed E-state index contributed by atoms with van der Waals surface area (Å²) in [5, 5.41) is 36.6. The summed E-state index contributed by atoms with van der Waals surface area (Å²) in [5.41, 5.74) is 3.59. The third kappa shape index (κ3) is 25.4. The van der Waals surface area contributed by atoms with E-state index in [0.717, 1.165) is 38.9 Å². The van der Waals surface area contributed by atoms with Crippen LogP contribution in [-0.4, -0.2) is 198 Å². The first-order chi connectivity index (χ1) is 54.1. The topological polar surface area (TPSA) is 397 Å². The van der Waals surface area contributed by atoms with Crippen LogP contribution >= 0.6 is 0 Å². The minimum absolute atomic E-state index is 0.00271. The number of hydrogen-bond donors (Lipinski definition) is 11. The Hall–Kier alpha value is -11.2. The molecule has 3 aliphatic rings. The quantitative estimate of drug-likeness (QED) is 0.0145. The lowest BCUT2D eigenvalue weighted by atomic mass is 9.77. The Bertz CT molecular complexity index is 4050. The Morgan fingerprint density at radius 3 is 1.56 bits per heavy atom. The van der Waals surface area contributed by atoms with E-state index < -0.39 is 162 Å². The fraction of sp³-hybridized carbons (Fsp3) is 0.494. The summed E-state index contributed by atoms with van der Waals surface area (Å²) in [4.78, 5) is 182. The largest absolute Gasteiger partial charge is 0.480 e. The maximum absolute atomic E-state index is 14.9. The van der Waals surface area contributed by atoms with E-state index in [0.29, 0.717) is 19.3 Å². The fourth-order valence-corrected chi connectivity index (χ4v) is 14.5. The first-order valence-corrected chi connectivity index (χ1v) is 39.2. The highest BCUT2D eigenvalue weighted by molar-refractivity contribution is 5.98. The molecule has 2 fully saturated rings. The highest BCUT2D eigenvalue weighted by Crippen LogP contribution is 2.45. The van der Waals surface area contributed by atoms with E-state index in [1.807, 2.05) is 160 Å². The minimum Gasteiger partial charge on any atom is -0.480 e. The van der Waals surface area contributed by atoms with Gasteiger partial charge >= 0.3 is 18.2 Å². The van der Waals surface area contributed by atoms with Gasteiger partial charge in [0.25, 0.3) is 0 Å². The van der Waals surface area contributed by atoms with Gasteiger partial charge in [0.05, 0.1) is 37.9 Å². The van der Waals surface area contributed by atoms with E-state index in [1.54, 1.807) is 48.5 Å². The van der Waals surface area contributed by atoms with Crippen LogP contribution in [0.5, 0.6) is 0 Å². The molecular weight excluding hydrogens is 1460 g/mol. The highest BCUT2D eigenvalue weighted by Gasteiger charge is 2.45. The molecule has 29 heteroatoms. The van der Waals surface area contributed by atoms with E-state index in [4.69, 9.17) is 14.2 Å². The van der Waals surface area contributed by atoms with Crippen molar-refractivity contribution in [1.29, 1.82) is 0 Å². The average molecular weight is 1570 g/mol. The van der Waals surface area contributed by atoms with Gasteiger partial charge in [0.2, 0.25) is 59.1 Å². The third-order valence-corrected chi connectivity index (χ3v) is 19.7. The molecule has 8 atom stereocenters. The van der Waals surface area contributed by atoms with Crippen molar-refractivity contribution in [3.05, 3.63) is 167 Å². The number of nitrogens with zero attached hydrogens (tertiary/aromatic N) is 2. The van der Waals surface area contributed by atoms with Crippen LogP contribution in [0.2, 0.25) is 0 Å². The van der Waals surface area contributed by atoms with Crippen LogP contribution in [-0.2, 0) is 72.5 Å². The van der Waals surface area contributed by atoms with Gasteiger partial charge in [-0.25, -0.2) is 14.4 Å². The number of carboxylic acid groups (broad SMARTS) is 1. The summed E-state index contributed by atoms with van der Waals surface area (Å²) in [6.45, 7) is 17.6. The van der Waals surface area contributed by atoms with Gasteiger partial charge < -0.3 is 77.4 Å². The summed E-state index contributed by atoms with van der Waals surface area (Å²) in [6, 6.07) is 34.9. The van der Waals surface area contributed by atoms with Crippen molar-refractivity contribution in [2.45, 2.75) is 211 Å². The fourth-order valence-electron chi connectivity index (χ4n) is 14.5. The van der Waals surface area contributed by atoms with E-state index in [9.17, 15) is 67.4 Å². The summed E-state index contributed by atoms with van der Waals surface area (Å²) < 4.78 is 17.6. The Morgan fingerprint density at radius 1 is 0.500 bits per heavy atom. The van der Waals surface area contributed by atoms with E-state index in [2.05, 4.69) is 53.2 Å². The zero-order valence-corrected chi connectivity index (χ0v) is 67.0. The molecule has 614 valence electrons. The molecular formula is C85H112N12O17. The number of aliphatic carboxylic acids is 1. The molecule has 0 bridgehead atoms. The molecule has 5 aromatic carbocycles. The zero-order valence-electron chi connectivity index (χ0n) is 67.0. The number of ether oxygens (including phenoxy) is 3. The number of amides is 12. The monoisotopic (exact) mass is 1570 g/mol. The van der Waals surface area contributed by atoms with E-state index in [1.165, 1.54) is 16.7 Å². The van der Waals surface area contributed by atoms with Gasteiger partial charge in [-0.3, -0.25) is 52.8 Å². The van der Waals surface area contributed by atoms with Crippen LogP contribution in [0.15, 0.2) is 140 Å². The number of rotatable bonds is 37. The van der Waals surface area contributed by atoms with Gasteiger partial charge in [-0.2, -0.15) is 0 Å². The van der Waals surface area contributed by atoms with Crippen molar-refractivity contribution < 1.29 is 81.6 Å². The smallest absolute Gasteiger partial charge is 0.410 e. The van der Waals surface area contributed by atoms with Gasteiger partial charge in [0.1, 0.15) is 60.0 Å². The standard InChI is InChI=1S/C85H112N12O17/c1-52(2)44-66(75(103)87-47-72(100)92-67(45-53(3)4)77(105)90-54(5)74(102)89-49-73(101)96-43-27-39-68(96)79(107)93-65(80(108)109)38-25-26-42-86-81(110)114-84(9,10)11)94-76(104)64(40-41-70(98)95-85(55-28-15-12-16-29-55,56-30-17-13-18-31-56)57-32-19-14-20-33-57)91-71(99)48-88-78(106)69-46-58(113-83(6,7)8)50-97(69)82(111)112-51-63-61-36-23-21-34-59(61)60-35-22-24-37-62(60)63/h12-24,28-37,52-54,58,63-69H,25-27,38-51H2,1-11H3,(H,86,110)(H,87,103)(H,88,106)(H,89,102)(H,90,105)(H,91,99)(H,92,100)(H,93,107)(H,94,104)(H,95,98)(H,108,109)/t54-,58+,64-,65-,66-,67-,68-,69-/m0/s1. The van der Waals surface area contributed by atoms with Crippen LogP contribution in [0.25, 0.3) is 11.1 Å². The second kappa shape index (κ2) is 41.0. The number of carboxylic acids is 1. The molecule has 5 aromatic rings. The first-order valence-electron chi connectivity index (χ1n) is 39.2. The molecule has 0 aromatic heterocycles. The molecule has 8 rings (SSSR count). The lowest BCUT2D eigenvalue weighted by Crippen LogP contribution is -2.57. The minimum atomic E-state index is -1.54. The lowest BCUT2D eigenvalue weighted by Gasteiger charge is -2.37. The molecule has 2 aliphatic heterocycles. The molecule has 0 spiro atoms. The molecule has 2 heterocycles. The zero-order chi connectivity index (χ0) is 83.0. The Kier molecular flexibility index (Phi) is 31.8. The number of likely N-dealkylation sites (tertiary alicyclic amines) is 2. The van der Waals surface area contributed by atoms with Crippen LogP contribution in [0.4, 0.5) is 9.59 Å². The van der Waals surface area contributed by atoms with Crippen LogP contribution in [0, 0.1) is 11.8 Å². The van der Waals surface area contributed by atoms with Gasteiger partial charge in [-0.1, -0.05) is 167 Å². The summed E-state index contributed by atoms with van der Waals surface area (Å²) >= 11 is 0.